The molecule has 1 heterocycles. The molecule has 17 heavy (non-hydrogen) atoms. The molecule has 2 rings (SSSR count). The summed E-state index contributed by atoms with van der Waals surface area (Å²) in [6.07, 6.45) is 0.787. The van der Waals surface area contributed by atoms with E-state index in [9.17, 15) is 10.1 Å². The molecule has 0 bridgehead atoms. The fourth-order valence-corrected chi connectivity index (χ4v) is 3.74. The molecular formula is C12H16N2O2S. The lowest BCUT2D eigenvalue weighted by Gasteiger charge is -2.17. The molecule has 5 heteroatoms. The number of nitrogens with zero attached hydrogens (tertiary/aromatic N) is 1. The van der Waals surface area contributed by atoms with Crippen molar-refractivity contribution in [3.63, 3.8) is 0 Å². The van der Waals surface area contributed by atoms with Gasteiger partial charge in [0, 0.05) is 23.4 Å². The van der Waals surface area contributed by atoms with Crippen molar-refractivity contribution in [2.45, 2.75) is 12.5 Å². The van der Waals surface area contributed by atoms with E-state index in [0.29, 0.717) is 12.0 Å². The van der Waals surface area contributed by atoms with Crippen molar-refractivity contribution in [1.82, 2.24) is 5.32 Å². The number of rotatable bonds is 4. The van der Waals surface area contributed by atoms with Gasteiger partial charge < -0.3 is 5.32 Å². The topological polar surface area (TPSA) is 55.2 Å². The summed E-state index contributed by atoms with van der Waals surface area (Å²) in [7, 11) is 1.96. The lowest BCUT2D eigenvalue weighted by molar-refractivity contribution is -0.385. The number of hydrogen-bond acceptors (Lipinski definition) is 4. The van der Waals surface area contributed by atoms with Gasteiger partial charge >= 0.3 is 0 Å². The van der Waals surface area contributed by atoms with Gasteiger partial charge in [0.25, 0.3) is 5.69 Å². The van der Waals surface area contributed by atoms with E-state index in [1.807, 2.05) is 30.9 Å². The quantitative estimate of drug-likeness (QED) is 0.658. The minimum Gasteiger partial charge on any atom is -0.316 e. The summed E-state index contributed by atoms with van der Waals surface area (Å²) in [5, 5.41) is 14.2. The van der Waals surface area contributed by atoms with E-state index in [-0.39, 0.29) is 10.6 Å². The van der Waals surface area contributed by atoms with Crippen molar-refractivity contribution >= 4 is 17.4 Å². The Bertz CT molecular complexity index is 411. The van der Waals surface area contributed by atoms with Crippen molar-refractivity contribution in [1.29, 1.82) is 0 Å². The number of nitro benzene ring substituents is 1. The number of nitro groups is 1. The SMILES string of the molecule is CNC1CSCC1Cc1ccccc1[N+](=O)[O-]. The second kappa shape index (κ2) is 5.51. The summed E-state index contributed by atoms with van der Waals surface area (Å²) in [5.74, 6) is 2.67. The maximum absolute atomic E-state index is 10.9. The van der Waals surface area contributed by atoms with Crippen LogP contribution in [0.3, 0.4) is 0 Å². The van der Waals surface area contributed by atoms with Gasteiger partial charge in [0.05, 0.1) is 4.92 Å². The van der Waals surface area contributed by atoms with E-state index < -0.39 is 0 Å². The molecule has 1 aromatic rings. The van der Waals surface area contributed by atoms with Gasteiger partial charge in [-0.05, 0) is 25.1 Å². The summed E-state index contributed by atoms with van der Waals surface area (Å²) in [4.78, 5) is 10.6. The molecule has 1 fully saturated rings. The van der Waals surface area contributed by atoms with E-state index in [1.165, 1.54) is 0 Å². The molecule has 1 aromatic carbocycles. The van der Waals surface area contributed by atoms with E-state index in [1.54, 1.807) is 12.1 Å². The predicted octanol–water partition coefficient (Wildman–Crippen LogP) is 2.09. The second-order valence-electron chi connectivity index (χ2n) is 4.28. The number of para-hydroxylation sites is 1. The minimum atomic E-state index is -0.286. The largest absolute Gasteiger partial charge is 0.316 e. The summed E-state index contributed by atoms with van der Waals surface area (Å²) in [6.45, 7) is 0. The normalized spacial score (nSPS) is 23.8. The molecule has 2 atom stereocenters. The molecule has 0 saturated carbocycles. The first-order valence-electron chi connectivity index (χ1n) is 5.69. The lowest BCUT2D eigenvalue weighted by atomic mass is 9.94. The number of hydrogen-bond donors (Lipinski definition) is 1. The van der Waals surface area contributed by atoms with Crippen LogP contribution in [-0.2, 0) is 6.42 Å². The second-order valence-corrected chi connectivity index (χ2v) is 5.36. The third kappa shape index (κ3) is 2.79. The molecule has 1 N–H and O–H groups in total. The fourth-order valence-electron chi connectivity index (χ4n) is 2.26. The Kier molecular flexibility index (Phi) is 4.02. The van der Waals surface area contributed by atoms with Crippen LogP contribution in [0.15, 0.2) is 24.3 Å². The van der Waals surface area contributed by atoms with Crippen molar-refractivity contribution in [2.75, 3.05) is 18.6 Å². The molecule has 0 radical (unpaired) electrons. The molecule has 4 nitrogen and oxygen atoms in total. The van der Waals surface area contributed by atoms with Crippen LogP contribution in [0, 0.1) is 16.0 Å². The maximum Gasteiger partial charge on any atom is 0.272 e. The number of thioether (sulfide) groups is 1. The number of nitrogens with one attached hydrogen (secondary N) is 1. The molecule has 0 amide bonds. The molecule has 92 valence electrons. The summed E-state index contributed by atoms with van der Waals surface area (Å²) >= 11 is 1.92. The summed E-state index contributed by atoms with van der Waals surface area (Å²) in [5.41, 5.74) is 1.10. The van der Waals surface area contributed by atoms with Crippen molar-refractivity contribution in [3.8, 4) is 0 Å². The average molecular weight is 252 g/mol. The van der Waals surface area contributed by atoms with Gasteiger partial charge in [0.15, 0.2) is 0 Å². The highest BCUT2D eigenvalue weighted by atomic mass is 32.2. The monoisotopic (exact) mass is 252 g/mol. The Morgan fingerprint density at radius 1 is 1.47 bits per heavy atom. The van der Waals surface area contributed by atoms with Crippen molar-refractivity contribution < 1.29 is 4.92 Å². The first-order valence-corrected chi connectivity index (χ1v) is 6.85. The van der Waals surface area contributed by atoms with Crippen LogP contribution in [0.2, 0.25) is 0 Å². The van der Waals surface area contributed by atoms with Crippen molar-refractivity contribution in [3.05, 3.63) is 39.9 Å². The highest BCUT2D eigenvalue weighted by Gasteiger charge is 2.28. The summed E-state index contributed by atoms with van der Waals surface area (Å²) in [6, 6.07) is 7.53. The standard InChI is InChI=1S/C12H16N2O2S/c1-13-11-8-17-7-10(11)6-9-4-2-3-5-12(9)14(15)16/h2-5,10-11,13H,6-8H2,1H3. The van der Waals surface area contributed by atoms with Crippen molar-refractivity contribution in [2.24, 2.45) is 5.92 Å². The van der Waals surface area contributed by atoms with Crippen LogP contribution in [0.5, 0.6) is 0 Å². The van der Waals surface area contributed by atoms with E-state index in [2.05, 4.69) is 5.32 Å². The van der Waals surface area contributed by atoms with Gasteiger partial charge in [0.2, 0.25) is 0 Å². The molecule has 0 aliphatic carbocycles. The van der Waals surface area contributed by atoms with Gasteiger partial charge in [0.1, 0.15) is 0 Å². The van der Waals surface area contributed by atoms with E-state index in [0.717, 1.165) is 23.5 Å². The Balaban J connectivity index is 2.15. The van der Waals surface area contributed by atoms with Crippen LogP contribution in [0.4, 0.5) is 5.69 Å². The predicted molar refractivity (Wildman–Crippen MR) is 70.5 cm³/mol. The van der Waals surface area contributed by atoms with Gasteiger partial charge in [-0.3, -0.25) is 10.1 Å². The third-order valence-electron chi connectivity index (χ3n) is 3.24. The molecule has 1 saturated heterocycles. The summed E-state index contributed by atoms with van der Waals surface area (Å²) < 4.78 is 0. The van der Waals surface area contributed by atoms with E-state index >= 15 is 0 Å². The van der Waals surface area contributed by atoms with Crippen LogP contribution >= 0.6 is 11.8 Å². The van der Waals surface area contributed by atoms with Crippen LogP contribution in [0.25, 0.3) is 0 Å². The average Bonchev–Trinajstić information content (AvgIpc) is 2.77. The Morgan fingerprint density at radius 3 is 2.94 bits per heavy atom. The Labute approximate surface area is 105 Å². The first kappa shape index (κ1) is 12.4. The Morgan fingerprint density at radius 2 is 2.24 bits per heavy atom. The Hall–Kier alpha value is -1.07. The van der Waals surface area contributed by atoms with E-state index in [4.69, 9.17) is 0 Å². The molecular weight excluding hydrogens is 236 g/mol. The maximum atomic E-state index is 10.9. The first-order chi connectivity index (χ1) is 8.22. The van der Waals surface area contributed by atoms with Gasteiger partial charge in [-0.25, -0.2) is 0 Å². The zero-order valence-corrected chi connectivity index (χ0v) is 10.6. The van der Waals surface area contributed by atoms with Crippen LogP contribution in [-0.4, -0.2) is 29.5 Å². The van der Waals surface area contributed by atoms with Gasteiger partial charge in [-0.2, -0.15) is 11.8 Å². The molecule has 0 aromatic heterocycles. The zero-order chi connectivity index (χ0) is 12.3. The van der Waals surface area contributed by atoms with Gasteiger partial charge in [-0.15, -0.1) is 0 Å². The van der Waals surface area contributed by atoms with Crippen LogP contribution < -0.4 is 5.32 Å². The third-order valence-corrected chi connectivity index (χ3v) is 4.50. The van der Waals surface area contributed by atoms with Gasteiger partial charge in [-0.1, -0.05) is 18.2 Å². The highest BCUT2D eigenvalue weighted by molar-refractivity contribution is 7.99. The molecule has 0 spiro atoms. The van der Waals surface area contributed by atoms with Crippen LogP contribution in [0.1, 0.15) is 5.56 Å². The zero-order valence-electron chi connectivity index (χ0n) is 9.76. The smallest absolute Gasteiger partial charge is 0.272 e. The minimum absolute atomic E-state index is 0.249. The number of benzene rings is 1. The highest BCUT2D eigenvalue weighted by Crippen LogP contribution is 2.30. The molecule has 1 aliphatic heterocycles. The fraction of sp³-hybridized carbons (Fsp3) is 0.500. The molecule has 2 unspecified atom stereocenters. The molecule has 1 aliphatic rings. The lowest BCUT2D eigenvalue weighted by Crippen LogP contribution is -2.33.